The molecule has 0 aliphatic rings. The van der Waals surface area contributed by atoms with E-state index in [4.69, 9.17) is 16.3 Å². The van der Waals surface area contributed by atoms with E-state index in [-0.39, 0.29) is 0 Å². The standard InChI is InChI=1S/C20H21ClN4O/c1-3-26-17-10-8-16(9-11-17)25-20-12-19(23-14(2)24-20)22-13-15-6-4-5-7-18(15)21/h4-12H,3,13H2,1-2H3,(H2,22,23,24,25). The van der Waals surface area contributed by atoms with Gasteiger partial charge >= 0.3 is 0 Å². The first-order chi connectivity index (χ1) is 12.6. The smallest absolute Gasteiger partial charge is 0.136 e. The Balaban J connectivity index is 1.70. The van der Waals surface area contributed by atoms with E-state index in [0.717, 1.165) is 33.7 Å². The maximum Gasteiger partial charge on any atom is 0.136 e. The van der Waals surface area contributed by atoms with Gasteiger partial charge in [-0.15, -0.1) is 0 Å². The zero-order valence-corrected chi connectivity index (χ0v) is 15.5. The highest BCUT2D eigenvalue weighted by atomic mass is 35.5. The second-order valence-corrected chi connectivity index (χ2v) is 6.12. The van der Waals surface area contributed by atoms with Gasteiger partial charge in [0.2, 0.25) is 0 Å². The summed E-state index contributed by atoms with van der Waals surface area (Å²) < 4.78 is 5.46. The quantitative estimate of drug-likeness (QED) is 0.600. The van der Waals surface area contributed by atoms with E-state index in [2.05, 4.69) is 20.6 Å². The topological polar surface area (TPSA) is 59.1 Å². The van der Waals surface area contributed by atoms with Crippen molar-refractivity contribution in [1.29, 1.82) is 0 Å². The Morgan fingerprint density at radius 3 is 2.46 bits per heavy atom. The molecular formula is C20H21ClN4O. The first kappa shape index (κ1) is 18.0. The monoisotopic (exact) mass is 368 g/mol. The van der Waals surface area contributed by atoms with E-state index in [1.807, 2.05) is 68.4 Å². The predicted octanol–water partition coefficient (Wildman–Crippen LogP) is 5.19. The molecule has 1 heterocycles. The highest BCUT2D eigenvalue weighted by molar-refractivity contribution is 6.31. The summed E-state index contributed by atoms with van der Waals surface area (Å²) in [6.07, 6.45) is 0. The first-order valence-electron chi connectivity index (χ1n) is 8.47. The van der Waals surface area contributed by atoms with Gasteiger partial charge in [-0.3, -0.25) is 0 Å². The number of aryl methyl sites for hydroxylation is 1. The van der Waals surface area contributed by atoms with Crippen LogP contribution in [0.25, 0.3) is 0 Å². The van der Waals surface area contributed by atoms with E-state index in [1.54, 1.807) is 0 Å². The van der Waals surface area contributed by atoms with Crippen molar-refractivity contribution < 1.29 is 4.74 Å². The molecule has 0 amide bonds. The number of anilines is 3. The Morgan fingerprint density at radius 2 is 1.73 bits per heavy atom. The zero-order chi connectivity index (χ0) is 18.4. The number of nitrogens with one attached hydrogen (secondary N) is 2. The van der Waals surface area contributed by atoms with Crippen molar-refractivity contribution in [3.05, 3.63) is 71.0 Å². The minimum absolute atomic E-state index is 0.596. The molecule has 0 fully saturated rings. The van der Waals surface area contributed by atoms with Crippen LogP contribution in [0.1, 0.15) is 18.3 Å². The number of hydrogen-bond acceptors (Lipinski definition) is 5. The van der Waals surface area contributed by atoms with Crippen LogP contribution in [0.15, 0.2) is 54.6 Å². The van der Waals surface area contributed by atoms with Gasteiger partial charge in [0.05, 0.1) is 6.61 Å². The lowest BCUT2D eigenvalue weighted by molar-refractivity contribution is 0.340. The van der Waals surface area contributed by atoms with Crippen LogP contribution < -0.4 is 15.4 Å². The minimum Gasteiger partial charge on any atom is -0.494 e. The van der Waals surface area contributed by atoms with Gasteiger partial charge in [0.1, 0.15) is 23.2 Å². The van der Waals surface area contributed by atoms with Crippen LogP contribution in [0.2, 0.25) is 5.02 Å². The van der Waals surface area contributed by atoms with Gasteiger partial charge in [0, 0.05) is 23.3 Å². The average Bonchev–Trinajstić information content (AvgIpc) is 2.62. The van der Waals surface area contributed by atoms with Crippen LogP contribution in [-0.4, -0.2) is 16.6 Å². The Bertz CT molecular complexity index is 868. The summed E-state index contributed by atoms with van der Waals surface area (Å²) in [6, 6.07) is 17.4. The van der Waals surface area contributed by atoms with Gasteiger partial charge in [0.25, 0.3) is 0 Å². The van der Waals surface area contributed by atoms with Crippen molar-refractivity contribution >= 4 is 28.9 Å². The molecule has 0 bridgehead atoms. The number of ether oxygens (including phenoxy) is 1. The lowest BCUT2D eigenvalue weighted by Gasteiger charge is -2.11. The highest BCUT2D eigenvalue weighted by Crippen LogP contribution is 2.21. The van der Waals surface area contributed by atoms with Crippen molar-refractivity contribution in [3.8, 4) is 5.75 Å². The molecule has 0 saturated carbocycles. The maximum atomic E-state index is 6.20. The van der Waals surface area contributed by atoms with Gasteiger partial charge in [-0.05, 0) is 49.7 Å². The van der Waals surface area contributed by atoms with E-state index in [9.17, 15) is 0 Å². The molecule has 0 spiro atoms. The van der Waals surface area contributed by atoms with E-state index >= 15 is 0 Å². The Labute approximate surface area is 158 Å². The van der Waals surface area contributed by atoms with E-state index < -0.39 is 0 Å². The molecule has 0 saturated heterocycles. The fraction of sp³-hybridized carbons (Fsp3) is 0.200. The largest absolute Gasteiger partial charge is 0.494 e. The Kier molecular flexibility index (Phi) is 5.92. The lowest BCUT2D eigenvalue weighted by Crippen LogP contribution is -2.05. The molecular weight excluding hydrogens is 348 g/mol. The molecule has 134 valence electrons. The minimum atomic E-state index is 0.596. The second-order valence-electron chi connectivity index (χ2n) is 5.71. The molecule has 3 aromatic rings. The van der Waals surface area contributed by atoms with Gasteiger partial charge in [-0.25, -0.2) is 9.97 Å². The molecule has 2 aromatic carbocycles. The van der Waals surface area contributed by atoms with E-state index in [1.165, 1.54) is 0 Å². The van der Waals surface area contributed by atoms with Crippen molar-refractivity contribution in [2.24, 2.45) is 0 Å². The molecule has 5 nitrogen and oxygen atoms in total. The number of nitrogens with zero attached hydrogens (tertiary/aromatic N) is 2. The summed E-state index contributed by atoms with van der Waals surface area (Å²) in [5, 5.41) is 7.33. The summed E-state index contributed by atoms with van der Waals surface area (Å²) in [7, 11) is 0. The van der Waals surface area contributed by atoms with Crippen molar-refractivity contribution in [2.45, 2.75) is 20.4 Å². The summed E-state index contributed by atoms with van der Waals surface area (Å²) >= 11 is 6.20. The zero-order valence-electron chi connectivity index (χ0n) is 14.8. The molecule has 0 atom stereocenters. The molecule has 2 N–H and O–H groups in total. The second kappa shape index (κ2) is 8.54. The van der Waals surface area contributed by atoms with Crippen LogP contribution in [0.4, 0.5) is 17.3 Å². The van der Waals surface area contributed by atoms with Crippen molar-refractivity contribution in [2.75, 3.05) is 17.2 Å². The number of hydrogen-bond donors (Lipinski definition) is 2. The van der Waals surface area contributed by atoms with Gasteiger partial charge in [0.15, 0.2) is 0 Å². The normalized spacial score (nSPS) is 10.4. The molecule has 0 radical (unpaired) electrons. The van der Waals surface area contributed by atoms with E-state index in [0.29, 0.717) is 19.0 Å². The maximum absolute atomic E-state index is 6.20. The highest BCUT2D eigenvalue weighted by Gasteiger charge is 2.05. The summed E-state index contributed by atoms with van der Waals surface area (Å²) in [4.78, 5) is 8.87. The first-order valence-corrected chi connectivity index (χ1v) is 8.84. The lowest BCUT2D eigenvalue weighted by atomic mass is 10.2. The molecule has 0 aliphatic carbocycles. The number of benzene rings is 2. The third-order valence-corrected chi connectivity index (χ3v) is 4.06. The third-order valence-electron chi connectivity index (χ3n) is 3.69. The fourth-order valence-corrected chi connectivity index (χ4v) is 2.70. The van der Waals surface area contributed by atoms with Crippen LogP contribution in [0.5, 0.6) is 5.75 Å². The van der Waals surface area contributed by atoms with Crippen molar-refractivity contribution in [1.82, 2.24) is 9.97 Å². The predicted molar refractivity (Wildman–Crippen MR) is 106 cm³/mol. The fourth-order valence-electron chi connectivity index (χ4n) is 2.50. The molecule has 1 aromatic heterocycles. The molecule has 3 rings (SSSR count). The number of halogens is 1. The van der Waals surface area contributed by atoms with Crippen LogP contribution in [-0.2, 0) is 6.54 Å². The van der Waals surface area contributed by atoms with Crippen molar-refractivity contribution in [3.63, 3.8) is 0 Å². The van der Waals surface area contributed by atoms with Crippen LogP contribution >= 0.6 is 11.6 Å². The van der Waals surface area contributed by atoms with Gasteiger partial charge in [-0.2, -0.15) is 0 Å². The summed E-state index contributed by atoms with van der Waals surface area (Å²) in [6.45, 7) is 5.08. The summed E-state index contributed by atoms with van der Waals surface area (Å²) in [5.74, 6) is 3.00. The summed E-state index contributed by atoms with van der Waals surface area (Å²) in [5.41, 5.74) is 1.95. The van der Waals surface area contributed by atoms with Crippen LogP contribution in [0, 0.1) is 6.92 Å². The Hall–Kier alpha value is -2.79. The molecule has 26 heavy (non-hydrogen) atoms. The van der Waals surface area contributed by atoms with Gasteiger partial charge < -0.3 is 15.4 Å². The van der Waals surface area contributed by atoms with Crippen LogP contribution in [0.3, 0.4) is 0 Å². The van der Waals surface area contributed by atoms with Gasteiger partial charge in [-0.1, -0.05) is 29.8 Å². The average molecular weight is 369 g/mol. The molecule has 6 heteroatoms. The number of rotatable bonds is 7. The molecule has 0 aliphatic heterocycles. The number of aromatic nitrogens is 2. The molecule has 0 unspecified atom stereocenters. The third kappa shape index (κ3) is 4.86. The Morgan fingerprint density at radius 1 is 1.00 bits per heavy atom. The SMILES string of the molecule is CCOc1ccc(Nc2cc(NCc3ccccc3Cl)nc(C)n2)cc1.